The van der Waals surface area contributed by atoms with Crippen molar-refractivity contribution in [2.24, 2.45) is 0 Å². The number of fused-ring (bicyclic) bond motifs is 3. The van der Waals surface area contributed by atoms with E-state index >= 15 is 0 Å². The van der Waals surface area contributed by atoms with Gasteiger partial charge in [-0.05, 0) is 59.4 Å². The predicted molar refractivity (Wildman–Crippen MR) is 131 cm³/mol. The molecule has 5 rings (SSSR count). The molecular weight excluding hydrogens is 428 g/mol. The van der Waals surface area contributed by atoms with Crippen molar-refractivity contribution in [2.45, 2.75) is 50.4 Å². The molecule has 0 aromatic heterocycles. The molecule has 178 valence electrons. The Kier molecular flexibility index (Phi) is 6.63. The standard InChI is InChI=1S/C29H32O5/c1-30-26-15-20(13-14-25(26)33-18-19-9-5-4-6-10-19)29-23-17-28(32-3)27(31-2)16-22(23)21-11-7-8-12-24(21)34-29/h4-6,9-10,13-17,21,24,29H,7-8,11-12,18H2,1-3H3/t21-,24-,29-/m1/s1. The lowest BCUT2D eigenvalue weighted by molar-refractivity contribution is -0.0391. The van der Waals surface area contributed by atoms with Crippen LogP contribution in [0.25, 0.3) is 0 Å². The van der Waals surface area contributed by atoms with Crippen molar-refractivity contribution < 1.29 is 23.7 Å². The molecule has 3 atom stereocenters. The number of ether oxygens (including phenoxy) is 5. The third-order valence-electron chi connectivity index (χ3n) is 7.01. The van der Waals surface area contributed by atoms with Crippen LogP contribution in [0.2, 0.25) is 0 Å². The fourth-order valence-electron chi connectivity index (χ4n) is 5.28. The van der Waals surface area contributed by atoms with E-state index in [9.17, 15) is 0 Å². The molecule has 3 aromatic rings. The van der Waals surface area contributed by atoms with Gasteiger partial charge in [-0.15, -0.1) is 0 Å². The number of methoxy groups -OCH3 is 3. The van der Waals surface area contributed by atoms with Gasteiger partial charge >= 0.3 is 0 Å². The van der Waals surface area contributed by atoms with Crippen molar-refractivity contribution in [3.8, 4) is 23.0 Å². The minimum Gasteiger partial charge on any atom is -0.493 e. The molecule has 34 heavy (non-hydrogen) atoms. The molecule has 0 N–H and O–H groups in total. The summed E-state index contributed by atoms with van der Waals surface area (Å²) in [5.74, 6) is 3.29. The highest BCUT2D eigenvalue weighted by Crippen LogP contribution is 2.50. The maximum Gasteiger partial charge on any atom is 0.161 e. The van der Waals surface area contributed by atoms with Gasteiger partial charge in [-0.3, -0.25) is 0 Å². The zero-order valence-electron chi connectivity index (χ0n) is 20.1. The minimum absolute atomic E-state index is 0.198. The van der Waals surface area contributed by atoms with Crippen molar-refractivity contribution in [2.75, 3.05) is 21.3 Å². The highest BCUT2D eigenvalue weighted by atomic mass is 16.5. The lowest BCUT2D eigenvalue weighted by atomic mass is 9.76. The SMILES string of the molecule is COc1cc2c(cc1OC)[C@H]1CCCC[C@H]1O[C@@H]2c1ccc(OCc2ccccc2)c(OC)c1. The Morgan fingerprint density at radius 3 is 2.15 bits per heavy atom. The molecule has 0 radical (unpaired) electrons. The van der Waals surface area contributed by atoms with Gasteiger partial charge in [-0.2, -0.15) is 0 Å². The first-order valence-corrected chi connectivity index (χ1v) is 12.0. The molecule has 1 aliphatic carbocycles. The second kappa shape index (κ2) is 9.98. The van der Waals surface area contributed by atoms with Gasteiger partial charge in [-0.1, -0.05) is 49.2 Å². The van der Waals surface area contributed by atoms with E-state index in [0.29, 0.717) is 24.0 Å². The molecule has 1 aliphatic heterocycles. The summed E-state index contributed by atoms with van der Waals surface area (Å²) in [6, 6.07) is 20.5. The molecule has 0 saturated heterocycles. The fraction of sp³-hybridized carbons (Fsp3) is 0.379. The average Bonchev–Trinajstić information content (AvgIpc) is 2.91. The second-order valence-corrected chi connectivity index (χ2v) is 8.97. The lowest BCUT2D eigenvalue weighted by Crippen LogP contribution is -2.33. The van der Waals surface area contributed by atoms with Crippen LogP contribution in [0.3, 0.4) is 0 Å². The summed E-state index contributed by atoms with van der Waals surface area (Å²) in [6.45, 7) is 0.486. The van der Waals surface area contributed by atoms with E-state index in [1.54, 1.807) is 21.3 Å². The van der Waals surface area contributed by atoms with E-state index < -0.39 is 0 Å². The van der Waals surface area contributed by atoms with Crippen LogP contribution in [-0.2, 0) is 11.3 Å². The molecule has 0 amide bonds. The van der Waals surface area contributed by atoms with Crippen molar-refractivity contribution in [1.82, 2.24) is 0 Å². The third kappa shape index (κ3) is 4.32. The van der Waals surface area contributed by atoms with Crippen LogP contribution >= 0.6 is 0 Å². The average molecular weight is 461 g/mol. The maximum absolute atomic E-state index is 6.75. The molecule has 5 heteroatoms. The molecular formula is C29H32O5. The van der Waals surface area contributed by atoms with Gasteiger partial charge in [0.25, 0.3) is 0 Å². The van der Waals surface area contributed by atoms with E-state index in [0.717, 1.165) is 41.0 Å². The number of hydrogen-bond acceptors (Lipinski definition) is 5. The summed E-state index contributed by atoms with van der Waals surface area (Å²) in [5.41, 5.74) is 4.60. The minimum atomic E-state index is -0.203. The van der Waals surface area contributed by atoms with Crippen LogP contribution in [0.5, 0.6) is 23.0 Å². The molecule has 0 unspecified atom stereocenters. The Labute approximate surface area is 201 Å². The van der Waals surface area contributed by atoms with Gasteiger partial charge in [0, 0.05) is 5.92 Å². The predicted octanol–water partition coefficient (Wildman–Crippen LogP) is 6.44. The van der Waals surface area contributed by atoms with Crippen LogP contribution < -0.4 is 18.9 Å². The molecule has 0 bridgehead atoms. The monoisotopic (exact) mass is 460 g/mol. The van der Waals surface area contributed by atoms with Crippen molar-refractivity contribution in [1.29, 1.82) is 0 Å². The van der Waals surface area contributed by atoms with Gasteiger partial charge in [0.2, 0.25) is 0 Å². The summed E-state index contributed by atoms with van der Waals surface area (Å²) in [4.78, 5) is 0. The largest absolute Gasteiger partial charge is 0.493 e. The molecule has 3 aromatic carbocycles. The first-order chi connectivity index (χ1) is 16.7. The van der Waals surface area contributed by atoms with Crippen molar-refractivity contribution >= 4 is 0 Å². The van der Waals surface area contributed by atoms with Crippen LogP contribution in [-0.4, -0.2) is 27.4 Å². The zero-order valence-corrected chi connectivity index (χ0v) is 20.1. The molecule has 5 nitrogen and oxygen atoms in total. The molecule has 1 heterocycles. The number of rotatable bonds is 7. The Morgan fingerprint density at radius 2 is 1.41 bits per heavy atom. The van der Waals surface area contributed by atoms with Crippen LogP contribution in [0.1, 0.15) is 60.0 Å². The van der Waals surface area contributed by atoms with Gasteiger partial charge in [0.05, 0.1) is 27.4 Å². The summed E-state index contributed by atoms with van der Waals surface area (Å²) in [5, 5.41) is 0. The first kappa shape index (κ1) is 22.6. The summed E-state index contributed by atoms with van der Waals surface area (Å²) < 4.78 is 29.8. The van der Waals surface area contributed by atoms with E-state index in [2.05, 4.69) is 30.3 Å². The molecule has 1 fully saturated rings. The Hall–Kier alpha value is -3.18. The number of benzene rings is 3. The number of hydrogen-bond donors (Lipinski definition) is 0. The second-order valence-electron chi connectivity index (χ2n) is 8.97. The van der Waals surface area contributed by atoms with E-state index in [1.807, 2.05) is 30.3 Å². The van der Waals surface area contributed by atoms with Crippen molar-refractivity contribution in [3.63, 3.8) is 0 Å². The molecule has 1 saturated carbocycles. The van der Waals surface area contributed by atoms with Crippen LogP contribution in [0, 0.1) is 0 Å². The highest BCUT2D eigenvalue weighted by Gasteiger charge is 2.39. The Morgan fingerprint density at radius 1 is 0.735 bits per heavy atom. The fourth-order valence-corrected chi connectivity index (χ4v) is 5.28. The van der Waals surface area contributed by atoms with Gasteiger partial charge in [-0.25, -0.2) is 0 Å². The summed E-state index contributed by atoms with van der Waals surface area (Å²) in [6.07, 6.45) is 4.63. The smallest absolute Gasteiger partial charge is 0.161 e. The van der Waals surface area contributed by atoms with Gasteiger partial charge in [0.15, 0.2) is 23.0 Å². The van der Waals surface area contributed by atoms with Gasteiger partial charge in [0.1, 0.15) is 12.7 Å². The molecule has 2 aliphatic rings. The Bertz CT molecular complexity index is 1130. The van der Waals surface area contributed by atoms with Crippen LogP contribution in [0.4, 0.5) is 0 Å². The Balaban J connectivity index is 1.50. The van der Waals surface area contributed by atoms with E-state index in [-0.39, 0.29) is 12.2 Å². The van der Waals surface area contributed by atoms with Crippen molar-refractivity contribution in [3.05, 3.63) is 82.9 Å². The third-order valence-corrected chi connectivity index (χ3v) is 7.01. The normalized spacial score (nSPS) is 21.2. The summed E-state index contributed by atoms with van der Waals surface area (Å²) >= 11 is 0. The zero-order chi connectivity index (χ0) is 23.5. The molecule has 0 spiro atoms. The van der Waals surface area contributed by atoms with E-state index in [1.165, 1.54) is 18.4 Å². The summed E-state index contributed by atoms with van der Waals surface area (Å²) in [7, 11) is 5.04. The maximum atomic E-state index is 6.75. The van der Waals surface area contributed by atoms with Gasteiger partial charge < -0.3 is 23.7 Å². The quantitative estimate of drug-likeness (QED) is 0.406. The lowest BCUT2D eigenvalue weighted by Gasteiger charge is -2.41. The topological polar surface area (TPSA) is 46.2 Å². The first-order valence-electron chi connectivity index (χ1n) is 12.0. The van der Waals surface area contributed by atoms with Crippen LogP contribution in [0.15, 0.2) is 60.7 Å². The highest BCUT2D eigenvalue weighted by molar-refractivity contribution is 5.54. The van der Waals surface area contributed by atoms with E-state index in [4.69, 9.17) is 23.7 Å².